The summed E-state index contributed by atoms with van der Waals surface area (Å²) in [5.74, 6) is 0.139. The summed E-state index contributed by atoms with van der Waals surface area (Å²) < 4.78 is 5.57. The average Bonchev–Trinajstić information content (AvgIpc) is 2.67. The van der Waals surface area contributed by atoms with Gasteiger partial charge in [-0.3, -0.25) is 9.69 Å². The summed E-state index contributed by atoms with van der Waals surface area (Å²) in [6, 6.07) is 0. The average molecular weight is 282 g/mol. The molecule has 0 unspecified atom stereocenters. The van der Waals surface area contributed by atoms with Gasteiger partial charge in [0.25, 0.3) is 0 Å². The molecule has 0 bridgehead atoms. The molecule has 2 fully saturated rings. The van der Waals surface area contributed by atoms with Crippen molar-refractivity contribution < 1.29 is 9.53 Å². The predicted octanol–water partition coefficient (Wildman–Crippen LogP) is 2.13. The molecule has 1 amide bonds. The lowest BCUT2D eigenvalue weighted by Crippen LogP contribution is -2.61. The van der Waals surface area contributed by atoms with Crippen LogP contribution in [0, 0.1) is 5.41 Å². The highest BCUT2D eigenvalue weighted by Gasteiger charge is 2.50. The van der Waals surface area contributed by atoms with Crippen LogP contribution in [0.5, 0.6) is 0 Å². The zero-order valence-corrected chi connectivity index (χ0v) is 14.0. The molecule has 0 aromatic rings. The van der Waals surface area contributed by atoms with Crippen LogP contribution in [0.2, 0.25) is 0 Å². The second-order valence-electron chi connectivity index (χ2n) is 8.49. The first-order valence-electron chi connectivity index (χ1n) is 7.68. The van der Waals surface area contributed by atoms with Gasteiger partial charge in [0.15, 0.2) is 0 Å². The summed E-state index contributed by atoms with van der Waals surface area (Å²) >= 11 is 0. The van der Waals surface area contributed by atoms with Gasteiger partial charge in [0, 0.05) is 30.6 Å². The van der Waals surface area contributed by atoms with Gasteiger partial charge in [0.05, 0.1) is 5.60 Å². The molecule has 20 heavy (non-hydrogen) atoms. The van der Waals surface area contributed by atoms with Gasteiger partial charge < -0.3 is 9.64 Å². The van der Waals surface area contributed by atoms with E-state index in [1.54, 1.807) is 0 Å². The van der Waals surface area contributed by atoms with Crippen LogP contribution >= 0.6 is 0 Å². The van der Waals surface area contributed by atoms with E-state index in [1.165, 1.54) is 6.42 Å². The Labute approximate surface area is 123 Å². The van der Waals surface area contributed by atoms with Crippen LogP contribution in [0.1, 0.15) is 48.0 Å². The molecule has 2 aliphatic rings. The van der Waals surface area contributed by atoms with Crippen molar-refractivity contribution in [3.63, 3.8) is 0 Å². The first kappa shape index (κ1) is 15.8. The molecule has 0 aromatic heterocycles. The van der Waals surface area contributed by atoms with Gasteiger partial charge in [-0.15, -0.1) is 0 Å². The minimum atomic E-state index is -0.241. The van der Waals surface area contributed by atoms with Gasteiger partial charge >= 0.3 is 0 Å². The number of nitrogens with zero attached hydrogens (tertiary/aromatic N) is 2. The van der Waals surface area contributed by atoms with Crippen molar-refractivity contribution in [2.45, 2.75) is 59.1 Å². The van der Waals surface area contributed by atoms with Gasteiger partial charge in [-0.1, -0.05) is 0 Å². The number of hydrogen-bond donors (Lipinski definition) is 0. The monoisotopic (exact) mass is 282 g/mol. The third-order valence-electron chi connectivity index (χ3n) is 4.42. The van der Waals surface area contributed by atoms with Crippen LogP contribution in [0.25, 0.3) is 0 Å². The van der Waals surface area contributed by atoms with E-state index in [2.05, 4.69) is 25.7 Å². The lowest BCUT2D eigenvalue weighted by atomic mass is 9.79. The predicted molar refractivity (Wildman–Crippen MR) is 80.7 cm³/mol. The Morgan fingerprint density at radius 2 is 1.70 bits per heavy atom. The number of carbonyl (C=O) groups excluding carboxylic acids is 1. The number of carbonyl (C=O) groups is 1. The molecule has 2 saturated heterocycles. The molecule has 2 aliphatic heterocycles. The Kier molecular flexibility index (Phi) is 3.93. The first-order chi connectivity index (χ1) is 9.01. The molecule has 0 N–H and O–H groups in total. The molecular weight excluding hydrogens is 252 g/mol. The Hall–Kier alpha value is -0.610. The van der Waals surface area contributed by atoms with E-state index in [9.17, 15) is 4.79 Å². The van der Waals surface area contributed by atoms with Crippen molar-refractivity contribution in [3.8, 4) is 0 Å². The molecule has 0 aromatic carbocycles. The number of likely N-dealkylation sites (tertiary alicyclic amines) is 2. The molecule has 0 aliphatic carbocycles. The molecular formula is C16H30N2O2. The maximum atomic E-state index is 12.1. The highest BCUT2D eigenvalue weighted by Crippen LogP contribution is 2.41. The van der Waals surface area contributed by atoms with Crippen molar-refractivity contribution >= 4 is 5.91 Å². The minimum Gasteiger partial charge on any atom is -0.366 e. The van der Waals surface area contributed by atoms with E-state index in [0.717, 1.165) is 26.2 Å². The molecule has 2 heterocycles. The lowest BCUT2D eigenvalue weighted by Gasteiger charge is -2.49. The molecule has 1 spiro atoms. The van der Waals surface area contributed by atoms with Crippen LogP contribution in [-0.2, 0) is 9.53 Å². The van der Waals surface area contributed by atoms with Gasteiger partial charge in [0.2, 0.25) is 5.91 Å². The molecule has 0 radical (unpaired) electrons. The summed E-state index contributed by atoms with van der Waals surface area (Å²) in [6.45, 7) is 17.1. The molecule has 0 atom stereocenters. The molecule has 116 valence electrons. The third-order valence-corrected chi connectivity index (χ3v) is 4.42. The highest BCUT2D eigenvalue weighted by atomic mass is 16.5. The van der Waals surface area contributed by atoms with Gasteiger partial charge in [0.1, 0.15) is 6.61 Å². The summed E-state index contributed by atoms with van der Waals surface area (Å²) in [7, 11) is 0. The van der Waals surface area contributed by atoms with Crippen molar-refractivity contribution in [2.75, 3.05) is 32.8 Å². The van der Waals surface area contributed by atoms with E-state index in [0.29, 0.717) is 5.41 Å². The second kappa shape index (κ2) is 4.99. The van der Waals surface area contributed by atoms with Crippen molar-refractivity contribution in [1.82, 2.24) is 9.80 Å². The van der Waals surface area contributed by atoms with Gasteiger partial charge in [-0.2, -0.15) is 0 Å². The number of amides is 1. The smallest absolute Gasteiger partial charge is 0.248 e. The molecule has 2 rings (SSSR count). The summed E-state index contributed by atoms with van der Waals surface area (Å²) in [5.41, 5.74) is 0.350. The van der Waals surface area contributed by atoms with Crippen LogP contribution in [-0.4, -0.2) is 59.6 Å². The number of rotatable bonds is 2. The largest absolute Gasteiger partial charge is 0.366 e. The van der Waals surface area contributed by atoms with Crippen molar-refractivity contribution in [3.05, 3.63) is 0 Å². The minimum absolute atomic E-state index is 0.139. The maximum absolute atomic E-state index is 12.1. The fourth-order valence-corrected chi connectivity index (χ4v) is 3.08. The van der Waals surface area contributed by atoms with Crippen molar-refractivity contribution in [1.29, 1.82) is 0 Å². The number of ether oxygens (including phenoxy) is 1. The van der Waals surface area contributed by atoms with Crippen LogP contribution < -0.4 is 0 Å². The Bertz CT molecular complexity index is 373. The molecule has 4 heteroatoms. The van der Waals surface area contributed by atoms with E-state index in [4.69, 9.17) is 4.74 Å². The van der Waals surface area contributed by atoms with Crippen LogP contribution in [0.3, 0.4) is 0 Å². The van der Waals surface area contributed by atoms with Gasteiger partial charge in [-0.05, 0) is 54.5 Å². The Morgan fingerprint density at radius 1 is 1.10 bits per heavy atom. The fraction of sp³-hybridized carbons (Fsp3) is 0.938. The maximum Gasteiger partial charge on any atom is 0.248 e. The van der Waals surface area contributed by atoms with Gasteiger partial charge in [-0.25, -0.2) is 0 Å². The normalized spacial score (nSPS) is 23.2. The highest BCUT2D eigenvalue weighted by molar-refractivity contribution is 5.78. The molecule has 4 nitrogen and oxygen atoms in total. The zero-order chi connectivity index (χ0) is 15.2. The summed E-state index contributed by atoms with van der Waals surface area (Å²) in [6.07, 6.45) is 1.22. The van der Waals surface area contributed by atoms with E-state index < -0.39 is 0 Å². The fourth-order valence-electron chi connectivity index (χ4n) is 3.08. The third kappa shape index (κ3) is 3.53. The number of hydrogen-bond acceptors (Lipinski definition) is 3. The van der Waals surface area contributed by atoms with E-state index in [-0.39, 0.29) is 23.7 Å². The first-order valence-corrected chi connectivity index (χ1v) is 7.68. The standard InChI is InChI=1S/C16H30N2O2/c1-14(2,3)18-8-7-16(12-18)10-17(11-16)13(19)9-20-15(4,5)6/h7-12H2,1-6H3. The quantitative estimate of drug-likeness (QED) is 0.778. The van der Waals surface area contributed by atoms with Crippen LogP contribution in [0.4, 0.5) is 0 Å². The second-order valence-corrected chi connectivity index (χ2v) is 8.49. The SMILES string of the molecule is CC(C)(C)OCC(=O)N1CC2(CCN(C(C)(C)C)C2)C1. The lowest BCUT2D eigenvalue weighted by molar-refractivity contribution is -0.152. The Balaban J connectivity index is 1.79. The van der Waals surface area contributed by atoms with Crippen molar-refractivity contribution in [2.24, 2.45) is 5.41 Å². The topological polar surface area (TPSA) is 32.8 Å². The summed E-state index contributed by atoms with van der Waals surface area (Å²) in [4.78, 5) is 16.6. The van der Waals surface area contributed by atoms with E-state index >= 15 is 0 Å². The zero-order valence-electron chi connectivity index (χ0n) is 14.0. The summed E-state index contributed by atoms with van der Waals surface area (Å²) in [5, 5.41) is 0. The van der Waals surface area contributed by atoms with E-state index in [1.807, 2.05) is 25.7 Å². The van der Waals surface area contributed by atoms with Crippen LogP contribution in [0.15, 0.2) is 0 Å². The molecule has 0 saturated carbocycles. The Morgan fingerprint density at radius 3 is 2.15 bits per heavy atom.